The average molecular weight is 344 g/mol. The van der Waals surface area contributed by atoms with E-state index in [-0.39, 0.29) is 11.9 Å². The van der Waals surface area contributed by atoms with Crippen molar-refractivity contribution in [3.05, 3.63) is 30.1 Å². The molecule has 25 heavy (non-hydrogen) atoms. The van der Waals surface area contributed by atoms with Crippen LogP contribution in [0.15, 0.2) is 24.5 Å². The summed E-state index contributed by atoms with van der Waals surface area (Å²) in [6, 6.07) is 3.74. The molecule has 3 amide bonds. The van der Waals surface area contributed by atoms with Gasteiger partial charge in [0.1, 0.15) is 0 Å². The summed E-state index contributed by atoms with van der Waals surface area (Å²) in [5.41, 5.74) is 0.985. The Balaban J connectivity index is 1.44. The predicted octanol–water partition coefficient (Wildman–Crippen LogP) is 2.41. The Kier molecular flexibility index (Phi) is 6.25. The van der Waals surface area contributed by atoms with Crippen LogP contribution in [-0.2, 0) is 11.3 Å². The van der Waals surface area contributed by atoms with Crippen LogP contribution in [0.5, 0.6) is 0 Å². The fourth-order valence-electron chi connectivity index (χ4n) is 3.75. The van der Waals surface area contributed by atoms with E-state index in [1.165, 1.54) is 25.7 Å². The number of pyridine rings is 1. The van der Waals surface area contributed by atoms with Crippen molar-refractivity contribution in [3.63, 3.8) is 0 Å². The first-order chi connectivity index (χ1) is 12.2. The molecule has 6 heteroatoms. The second-order valence-electron chi connectivity index (χ2n) is 7.10. The molecule has 0 aromatic carbocycles. The summed E-state index contributed by atoms with van der Waals surface area (Å²) in [6.07, 6.45) is 9.93. The molecule has 0 spiro atoms. The van der Waals surface area contributed by atoms with Crippen LogP contribution in [0.4, 0.5) is 4.79 Å². The molecule has 0 bridgehead atoms. The van der Waals surface area contributed by atoms with Crippen molar-refractivity contribution in [2.75, 3.05) is 26.2 Å². The van der Waals surface area contributed by atoms with Crippen molar-refractivity contribution >= 4 is 11.9 Å². The second-order valence-corrected chi connectivity index (χ2v) is 7.10. The zero-order chi connectivity index (χ0) is 17.5. The fraction of sp³-hybridized carbons (Fsp3) is 0.632. The number of hydrogen-bond donors (Lipinski definition) is 1. The quantitative estimate of drug-likeness (QED) is 0.912. The molecule has 1 saturated carbocycles. The molecular formula is C19H28N4O2. The first-order valence-corrected chi connectivity index (χ1v) is 9.42. The first kappa shape index (κ1) is 17.7. The topological polar surface area (TPSA) is 65.5 Å². The van der Waals surface area contributed by atoms with E-state index < -0.39 is 0 Å². The number of carbonyl (C=O) groups is 2. The third-order valence-electron chi connectivity index (χ3n) is 5.24. The van der Waals surface area contributed by atoms with E-state index in [1.54, 1.807) is 12.4 Å². The van der Waals surface area contributed by atoms with E-state index in [0.29, 0.717) is 38.5 Å². The number of nitrogens with one attached hydrogen (secondary N) is 1. The Labute approximate surface area is 149 Å². The normalized spacial score (nSPS) is 18.9. The van der Waals surface area contributed by atoms with Gasteiger partial charge in [-0.1, -0.05) is 18.9 Å². The van der Waals surface area contributed by atoms with Crippen molar-refractivity contribution in [1.82, 2.24) is 20.1 Å². The van der Waals surface area contributed by atoms with Crippen molar-refractivity contribution in [2.24, 2.45) is 5.92 Å². The summed E-state index contributed by atoms with van der Waals surface area (Å²) < 4.78 is 0. The monoisotopic (exact) mass is 344 g/mol. The largest absolute Gasteiger partial charge is 0.341 e. The van der Waals surface area contributed by atoms with Crippen molar-refractivity contribution in [2.45, 2.75) is 45.1 Å². The molecule has 1 saturated heterocycles. The van der Waals surface area contributed by atoms with Gasteiger partial charge in [0.15, 0.2) is 0 Å². The summed E-state index contributed by atoms with van der Waals surface area (Å²) in [4.78, 5) is 32.7. The molecule has 2 fully saturated rings. The van der Waals surface area contributed by atoms with Gasteiger partial charge in [0.2, 0.25) is 5.91 Å². The maximum atomic E-state index is 12.5. The molecule has 3 rings (SSSR count). The Bertz CT molecular complexity index is 572. The zero-order valence-electron chi connectivity index (χ0n) is 14.8. The lowest BCUT2D eigenvalue weighted by Crippen LogP contribution is -2.42. The minimum absolute atomic E-state index is 0.0612. The third-order valence-corrected chi connectivity index (χ3v) is 5.24. The molecule has 136 valence electrons. The van der Waals surface area contributed by atoms with Gasteiger partial charge in [-0.15, -0.1) is 0 Å². The minimum atomic E-state index is -0.0612. The summed E-state index contributed by atoms with van der Waals surface area (Å²) in [7, 11) is 0. The molecule has 1 N–H and O–H groups in total. The first-order valence-electron chi connectivity index (χ1n) is 9.42. The van der Waals surface area contributed by atoms with Gasteiger partial charge in [0, 0.05) is 51.5 Å². The summed E-state index contributed by atoms with van der Waals surface area (Å²) >= 11 is 0. The van der Waals surface area contributed by atoms with Gasteiger partial charge in [-0.2, -0.15) is 0 Å². The van der Waals surface area contributed by atoms with Crippen LogP contribution in [0.2, 0.25) is 0 Å². The van der Waals surface area contributed by atoms with Gasteiger partial charge in [0.25, 0.3) is 0 Å². The third kappa shape index (κ3) is 5.18. The van der Waals surface area contributed by atoms with E-state index in [4.69, 9.17) is 0 Å². The average Bonchev–Trinajstić information content (AvgIpc) is 3.01. The standard InChI is InChI=1S/C19H28N4O2/c24-18(13-16-5-1-2-6-16)22-9-4-10-23(12-11-22)19(25)21-15-17-7-3-8-20-14-17/h3,7-8,14,16H,1-2,4-6,9-13,15H2,(H,21,25). The lowest BCUT2D eigenvalue weighted by molar-refractivity contribution is -0.132. The number of hydrogen-bond acceptors (Lipinski definition) is 3. The molecule has 1 aromatic heterocycles. The zero-order valence-corrected chi connectivity index (χ0v) is 14.8. The lowest BCUT2D eigenvalue weighted by atomic mass is 10.0. The SMILES string of the molecule is O=C(CC1CCCC1)N1CCCN(C(=O)NCc2cccnc2)CC1. The maximum absolute atomic E-state index is 12.5. The second kappa shape index (κ2) is 8.83. The van der Waals surface area contributed by atoms with Crippen LogP contribution in [0.1, 0.15) is 44.1 Å². The number of aromatic nitrogens is 1. The van der Waals surface area contributed by atoms with Crippen LogP contribution >= 0.6 is 0 Å². The van der Waals surface area contributed by atoms with Crippen LogP contribution in [0.25, 0.3) is 0 Å². The number of amides is 3. The summed E-state index contributed by atoms with van der Waals surface area (Å²) in [5, 5.41) is 2.94. The van der Waals surface area contributed by atoms with Crippen molar-refractivity contribution in [3.8, 4) is 0 Å². The number of nitrogens with zero attached hydrogens (tertiary/aromatic N) is 3. The molecule has 0 radical (unpaired) electrons. The Hall–Kier alpha value is -2.11. The van der Waals surface area contributed by atoms with E-state index >= 15 is 0 Å². The molecule has 1 aliphatic heterocycles. The van der Waals surface area contributed by atoms with Gasteiger partial charge in [0.05, 0.1) is 0 Å². The Morgan fingerprint density at radius 1 is 1.08 bits per heavy atom. The lowest BCUT2D eigenvalue weighted by Gasteiger charge is -2.23. The molecule has 2 heterocycles. The molecule has 1 aromatic rings. The Morgan fingerprint density at radius 2 is 1.84 bits per heavy atom. The molecule has 2 aliphatic rings. The summed E-state index contributed by atoms with van der Waals surface area (Å²) in [5.74, 6) is 0.846. The highest BCUT2D eigenvalue weighted by molar-refractivity contribution is 5.77. The predicted molar refractivity (Wildman–Crippen MR) is 95.8 cm³/mol. The van der Waals surface area contributed by atoms with Crippen LogP contribution in [-0.4, -0.2) is 52.9 Å². The van der Waals surface area contributed by atoms with Crippen LogP contribution < -0.4 is 5.32 Å². The van der Waals surface area contributed by atoms with E-state index in [0.717, 1.165) is 18.5 Å². The highest BCUT2D eigenvalue weighted by Crippen LogP contribution is 2.28. The van der Waals surface area contributed by atoms with Crippen molar-refractivity contribution < 1.29 is 9.59 Å². The number of carbonyl (C=O) groups excluding carboxylic acids is 2. The van der Waals surface area contributed by atoms with Crippen molar-refractivity contribution in [1.29, 1.82) is 0 Å². The fourth-order valence-corrected chi connectivity index (χ4v) is 3.75. The highest BCUT2D eigenvalue weighted by atomic mass is 16.2. The van der Waals surface area contributed by atoms with Crippen LogP contribution in [0, 0.1) is 5.92 Å². The number of urea groups is 1. The van der Waals surface area contributed by atoms with Gasteiger partial charge < -0.3 is 15.1 Å². The van der Waals surface area contributed by atoms with Gasteiger partial charge in [-0.05, 0) is 36.8 Å². The molecule has 1 aliphatic carbocycles. The molecule has 0 unspecified atom stereocenters. The maximum Gasteiger partial charge on any atom is 0.317 e. The smallest absolute Gasteiger partial charge is 0.317 e. The molecule has 0 atom stereocenters. The molecule has 6 nitrogen and oxygen atoms in total. The van der Waals surface area contributed by atoms with Gasteiger partial charge in [-0.3, -0.25) is 9.78 Å². The number of rotatable bonds is 4. The van der Waals surface area contributed by atoms with Crippen LogP contribution in [0.3, 0.4) is 0 Å². The van der Waals surface area contributed by atoms with Gasteiger partial charge >= 0.3 is 6.03 Å². The highest BCUT2D eigenvalue weighted by Gasteiger charge is 2.25. The Morgan fingerprint density at radius 3 is 2.60 bits per heavy atom. The minimum Gasteiger partial charge on any atom is -0.341 e. The van der Waals surface area contributed by atoms with Gasteiger partial charge in [-0.25, -0.2) is 4.79 Å². The van der Waals surface area contributed by atoms with E-state index in [2.05, 4.69) is 10.3 Å². The van der Waals surface area contributed by atoms with E-state index in [1.807, 2.05) is 21.9 Å². The molecular weight excluding hydrogens is 316 g/mol. The van der Waals surface area contributed by atoms with E-state index in [9.17, 15) is 9.59 Å². The summed E-state index contributed by atoms with van der Waals surface area (Å²) in [6.45, 7) is 3.19.